The summed E-state index contributed by atoms with van der Waals surface area (Å²) in [5.74, 6) is 1.43. The molecule has 1 aliphatic rings. The molecule has 1 heterocycles. The van der Waals surface area contributed by atoms with E-state index in [9.17, 15) is 10.1 Å². The van der Waals surface area contributed by atoms with Gasteiger partial charge in [-0.25, -0.2) is 4.63 Å². The molecule has 0 aliphatic heterocycles. The number of rotatable bonds is 4. The van der Waals surface area contributed by atoms with Crippen LogP contribution in [0.5, 0.6) is 0 Å². The first-order chi connectivity index (χ1) is 8.66. The van der Waals surface area contributed by atoms with E-state index in [4.69, 9.17) is 0 Å². The number of hydrogen-bond acceptors (Lipinski definition) is 6. The van der Waals surface area contributed by atoms with Gasteiger partial charge in [0.2, 0.25) is 5.52 Å². The molecule has 1 N–H and O–H groups in total. The molecule has 1 aromatic heterocycles. The summed E-state index contributed by atoms with van der Waals surface area (Å²) in [6.45, 7) is 3.05. The maximum absolute atomic E-state index is 10.8. The monoisotopic (exact) mass is 248 g/mol. The second-order valence-corrected chi connectivity index (χ2v) is 4.70. The van der Waals surface area contributed by atoms with Gasteiger partial charge in [0.25, 0.3) is 0 Å². The van der Waals surface area contributed by atoms with E-state index < -0.39 is 4.92 Å². The van der Waals surface area contributed by atoms with Crippen molar-refractivity contribution in [3.63, 3.8) is 0 Å². The lowest BCUT2D eigenvalue weighted by atomic mass is 10.2. The van der Waals surface area contributed by atoms with Crippen molar-refractivity contribution in [3.8, 4) is 0 Å². The highest BCUT2D eigenvalue weighted by molar-refractivity contribution is 5.93. The highest BCUT2D eigenvalue weighted by Gasteiger charge is 2.32. The van der Waals surface area contributed by atoms with Crippen LogP contribution in [0.2, 0.25) is 0 Å². The Morgan fingerprint density at radius 2 is 2.22 bits per heavy atom. The van der Waals surface area contributed by atoms with Crippen LogP contribution in [0.4, 0.5) is 11.4 Å². The quantitative estimate of drug-likeness (QED) is 0.658. The zero-order valence-electron chi connectivity index (χ0n) is 9.79. The molecule has 0 amide bonds. The molecule has 1 saturated carbocycles. The molecular weight excluding hydrogens is 236 g/mol. The molecule has 0 radical (unpaired) electrons. The molecule has 2 unspecified atom stereocenters. The average molecular weight is 248 g/mol. The van der Waals surface area contributed by atoms with Crippen LogP contribution in [-0.2, 0) is 0 Å². The van der Waals surface area contributed by atoms with Gasteiger partial charge in [-0.15, -0.1) is 0 Å². The third-order valence-electron chi connectivity index (χ3n) is 3.42. The minimum Gasteiger partial charge on any atom is -0.383 e. The lowest BCUT2D eigenvalue weighted by Crippen LogP contribution is -2.05. The van der Waals surface area contributed by atoms with Crippen molar-refractivity contribution in [1.29, 1.82) is 0 Å². The van der Waals surface area contributed by atoms with Crippen molar-refractivity contribution in [2.45, 2.75) is 13.3 Å². The van der Waals surface area contributed by atoms with Crippen LogP contribution >= 0.6 is 0 Å². The number of anilines is 1. The predicted octanol–water partition coefficient (Wildman–Crippen LogP) is 2.20. The first kappa shape index (κ1) is 10.9. The first-order valence-corrected chi connectivity index (χ1v) is 5.80. The topological polar surface area (TPSA) is 94.1 Å². The first-order valence-electron chi connectivity index (χ1n) is 5.80. The second-order valence-electron chi connectivity index (χ2n) is 4.70. The molecule has 94 valence electrons. The number of nitro benzene ring substituents is 1. The zero-order chi connectivity index (χ0) is 12.7. The number of nitrogens with zero attached hydrogens (tertiary/aromatic N) is 3. The van der Waals surface area contributed by atoms with Crippen molar-refractivity contribution in [2.75, 3.05) is 11.9 Å². The molecule has 3 rings (SSSR count). The SMILES string of the molecule is CC1CC1CNc1ccc([N+](=O)[O-])c2nonc12. The lowest BCUT2D eigenvalue weighted by Gasteiger charge is -2.05. The summed E-state index contributed by atoms with van der Waals surface area (Å²) in [5, 5.41) is 21.4. The van der Waals surface area contributed by atoms with Crippen molar-refractivity contribution >= 4 is 22.4 Å². The predicted molar refractivity (Wildman–Crippen MR) is 64.2 cm³/mol. The van der Waals surface area contributed by atoms with E-state index in [1.807, 2.05) is 0 Å². The Balaban J connectivity index is 1.90. The molecule has 1 aliphatic carbocycles. The number of benzene rings is 1. The van der Waals surface area contributed by atoms with Crippen LogP contribution in [0, 0.1) is 22.0 Å². The lowest BCUT2D eigenvalue weighted by molar-refractivity contribution is -0.383. The van der Waals surface area contributed by atoms with Crippen LogP contribution in [-0.4, -0.2) is 21.8 Å². The van der Waals surface area contributed by atoms with Gasteiger partial charge in [0, 0.05) is 12.6 Å². The molecular formula is C11H12N4O3. The van der Waals surface area contributed by atoms with Gasteiger partial charge in [-0.1, -0.05) is 6.92 Å². The van der Waals surface area contributed by atoms with Gasteiger partial charge in [0.15, 0.2) is 5.52 Å². The van der Waals surface area contributed by atoms with E-state index in [0.29, 0.717) is 11.4 Å². The molecule has 7 nitrogen and oxygen atoms in total. The summed E-state index contributed by atoms with van der Waals surface area (Å²) in [5.41, 5.74) is 1.25. The molecule has 1 fully saturated rings. The van der Waals surface area contributed by atoms with Crippen molar-refractivity contribution in [3.05, 3.63) is 22.2 Å². The van der Waals surface area contributed by atoms with E-state index in [-0.39, 0.29) is 11.2 Å². The third-order valence-corrected chi connectivity index (χ3v) is 3.42. The van der Waals surface area contributed by atoms with Gasteiger partial charge < -0.3 is 5.32 Å². The van der Waals surface area contributed by atoms with Crippen LogP contribution in [0.1, 0.15) is 13.3 Å². The summed E-state index contributed by atoms with van der Waals surface area (Å²) in [6, 6.07) is 3.07. The minimum atomic E-state index is -0.487. The Hall–Kier alpha value is -2.18. The summed E-state index contributed by atoms with van der Waals surface area (Å²) in [4.78, 5) is 10.3. The van der Waals surface area contributed by atoms with Crippen LogP contribution in [0.25, 0.3) is 11.0 Å². The number of non-ortho nitro benzene ring substituents is 1. The Labute approximate surface area is 102 Å². The Bertz CT molecular complexity index is 609. The number of nitro groups is 1. The Morgan fingerprint density at radius 1 is 1.50 bits per heavy atom. The fourth-order valence-corrected chi connectivity index (χ4v) is 2.07. The molecule has 0 spiro atoms. The van der Waals surface area contributed by atoms with Crippen molar-refractivity contribution in [2.24, 2.45) is 11.8 Å². The smallest absolute Gasteiger partial charge is 0.300 e. The molecule has 0 saturated heterocycles. The van der Waals surface area contributed by atoms with Crippen molar-refractivity contribution < 1.29 is 9.55 Å². The van der Waals surface area contributed by atoms with E-state index in [0.717, 1.165) is 18.2 Å². The fraction of sp³-hybridized carbons (Fsp3) is 0.455. The van der Waals surface area contributed by atoms with Gasteiger partial charge in [-0.3, -0.25) is 10.1 Å². The Morgan fingerprint density at radius 3 is 2.89 bits per heavy atom. The molecule has 7 heteroatoms. The third kappa shape index (κ3) is 1.77. The maximum atomic E-state index is 10.8. The highest BCUT2D eigenvalue weighted by Crippen LogP contribution is 2.38. The average Bonchev–Trinajstić information content (AvgIpc) is 2.86. The standard InChI is InChI=1S/C11H12N4O3/c1-6-4-7(6)5-12-8-2-3-9(15(16)17)11-10(8)13-18-14-11/h2-3,6-7,12H,4-5H2,1H3. The number of nitrogens with one attached hydrogen (secondary N) is 1. The van der Waals surface area contributed by atoms with Crippen LogP contribution in [0.3, 0.4) is 0 Å². The number of fused-ring (bicyclic) bond motifs is 1. The summed E-state index contributed by atoms with van der Waals surface area (Å²) >= 11 is 0. The Kier molecular flexibility index (Phi) is 2.39. The van der Waals surface area contributed by atoms with Gasteiger partial charge in [0.05, 0.1) is 10.6 Å². The van der Waals surface area contributed by atoms with Gasteiger partial charge in [-0.05, 0) is 34.6 Å². The summed E-state index contributed by atoms with van der Waals surface area (Å²) in [6.07, 6.45) is 1.22. The van der Waals surface area contributed by atoms with Crippen LogP contribution < -0.4 is 5.32 Å². The maximum Gasteiger partial charge on any atom is 0.300 e. The molecule has 0 bridgehead atoms. The molecule has 2 aromatic rings. The fourth-order valence-electron chi connectivity index (χ4n) is 2.07. The van der Waals surface area contributed by atoms with Gasteiger partial charge in [0.1, 0.15) is 0 Å². The van der Waals surface area contributed by atoms with E-state index in [1.54, 1.807) is 6.07 Å². The number of aromatic nitrogens is 2. The summed E-state index contributed by atoms with van der Waals surface area (Å²) < 4.78 is 4.60. The van der Waals surface area contributed by atoms with E-state index >= 15 is 0 Å². The minimum absolute atomic E-state index is 0.0865. The zero-order valence-corrected chi connectivity index (χ0v) is 9.79. The largest absolute Gasteiger partial charge is 0.383 e. The molecule has 18 heavy (non-hydrogen) atoms. The van der Waals surface area contributed by atoms with E-state index in [1.165, 1.54) is 12.5 Å². The van der Waals surface area contributed by atoms with Crippen molar-refractivity contribution in [1.82, 2.24) is 10.3 Å². The number of hydrogen-bond donors (Lipinski definition) is 1. The van der Waals surface area contributed by atoms with Crippen LogP contribution in [0.15, 0.2) is 16.8 Å². The highest BCUT2D eigenvalue weighted by atomic mass is 16.6. The normalized spacial score (nSPS) is 22.1. The molecule has 2 atom stereocenters. The van der Waals surface area contributed by atoms with E-state index in [2.05, 4.69) is 27.2 Å². The van der Waals surface area contributed by atoms with Gasteiger partial charge >= 0.3 is 5.69 Å². The second kappa shape index (κ2) is 3.94. The molecule has 1 aromatic carbocycles. The summed E-state index contributed by atoms with van der Waals surface area (Å²) in [7, 11) is 0. The van der Waals surface area contributed by atoms with Gasteiger partial charge in [-0.2, -0.15) is 0 Å².